The maximum Gasteiger partial charge on any atom is 0.408 e. The molecule has 0 radical (unpaired) electrons. The molecule has 6 heteroatoms. The van der Waals surface area contributed by atoms with Gasteiger partial charge in [0.2, 0.25) is 0 Å². The average Bonchev–Trinajstić information content (AvgIpc) is 2.66. The van der Waals surface area contributed by atoms with Gasteiger partial charge in [-0.3, -0.25) is 0 Å². The van der Waals surface area contributed by atoms with Crippen molar-refractivity contribution < 1.29 is 19.1 Å². The van der Waals surface area contributed by atoms with Gasteiger partial charge in [-0.25, -0.2) is 9.59 Å². The number of alkyl halides is 1. The Kier molecular flexibility index (Phi) is 8.24. The fourth-order valence-corrected chi connectivity index (χ4v) is 2.72. The van der Waals surface area contributed by atoms with Crippen LogP contribution < -0.4 is 5.32 Å². The highest BCUT2D eigenvalue weighted by molar-refractivity contribution is 14.1. The van der Waals surface area contributed by atoms with Crippen LogP contribution in [0.1, 0.15) is 17.5 Å². The third kappa shape index (κ3) is 7.13. The van der Waals surface area contributed by atoms with E-state index >= 15 is 0 Å². The quantitative estimate of drug-likeness (QED) is 0.375. The molecular weight excluding hydrogens is 433 g/mol. The monoisotopic (exact) mass is 453 g/mol. The Bertz CT molecular complexity index is 664. The molecule has 1 amide bonds. The first-order valence-corrected chi connectivity index (χ1v) is 9.45. The van der Waals surface area contributed by atoms with Crippen LogP contribution in [0, 0.1) is 0 Å². The standard InChI is InChI=1S/C19H20INO4/c20-12-11-17(18(22)24-13-15-7-3-1-4-8-15)21-19(23)25-14-16-9-5-2-6-10-16/h1-10,17H,11-14H2,(H,21,23)/t17-/m1/s1. The van der Waals surface area contributed by atoms with Crippen molar-refractivity contribution in [3.8, 4) is 0 Å². The molecule has 1 atom stereocenters. The molecular formula is C19H20INO4. The molecule has 5 nitrogen and oxygen atoms in total. The third-order valence-electron chi connectivity index (χ3n) is 3.41. The van der Waals surface area contributed by atoms with Crippen LogP contribution >= 0.6 is 22.6 Å². The first-order chi connectivity index (χ1) is 12.2. The molecule has 0 bridgehead atoms. The van der Waals surface area contributed by atoms with Crippen molar-refractivity contribution in [1.29, 1.82) is 0 Å². The summed E-state index contributed by atoms with van der Waals surface area (Å²) in [5.41, 5.74) is 1.78. The minimum absolute atomic E-state index is 0.155. The summed E-state index contributed by atoms with van der Waals surface area (Å²) in [6.07, 6.45) is -0.149. The number of benzene rings is 2. The van der Waals surface area contributed by atoms with Crippen molar-refractivity contribution in [2.75, 3.05) is 4.43 Å². The van der Waals surface area contributed by atoms with Crippen molar-refractivity contribution in [3.63, 3.8) is 0 Å². The van der Waals surface area contributed by atoms with Gasteiger partial charge < -0.3 is 14.8 Å². The highest BCUT2D eigenvalue weighted by Crippen LogP contribution is 2.06. The average molecular weight is 453 g/mol. The molecule has 132 valence electrons. The zero-order valence-corrected chi connectivity index (χ0v) is 15.8. The summed E-state index contributed by atoms with van der Waals surface area (Å²) in [4.78, 5) is 24.2. The number of ether oxygens (including phenoxy) is 2. The summed E-state index contributed by atoms with van der Waals surface area (Å²) >= 11 is 2.15. The van der Waals surface area contributed by atoms with Gasteiger partial charge in [-0.05, 0) is 17.5 Å². The number of alkyl carbamates (subject to hydrolysis) is 1. The molecule has 2 rings (SSSR count). The van der Waals surface area contributed by atoms with Crippen molar-refractivity contribution >= 4 is 34.7 Å². The lowest BCUT2D eigenvalue weighted by molar-refractivity contribution is -0.147. The van der Waals surface area contributed by atoms with E-state index in [-0.39, 0.29) is 13.2 Å². The van der Waals surface area contributed by atoms with Crippen LogP contribution in [-0.4, -0.2) is 22.5 Å². The first-order valence-electron chi connectivity index (χ1n) is 7.93. The van der Waals surface area contributed by atoms with E-state index in [9.17, 15) is 9.59 Å². The van der Waals surface area contributed by atoms with Gasteiger partial charge in [0.1, 0.15) is 19.3 Å². The number of halogens is 1. The van der Waals surface area contributed by atoms with Gasteiger partial charge in [-0.15, -0.1) is 0 Å². The Hall–Kier alpha value is -2.09. The number of hydrogen-bond donors (Lipinski definition) is 1. The van der Waals surface area contributed by atoms with Gasteiger partial charge in [0.05, 0.1) is 0 Å². The normalized spacial score (nSPS) is 11.4. The van der Waals surface area contributed by atoms with E-state index in [2.05, 4.69) is 27.9 Å². The van der Waals surface area contributed by atoms with Crippen molar-refractivity contribution in [1.82, 2.24) is 5.32 Å². The smallest absolute Gasteiger partial charge is 0.408 e. The first kappa shape index (κ1) is 19.2. The highest BCUT2D eigenvalue weighted by Gasteiger charge is 2.22. The van der Waals surface area contributed by atoms with E-state index in [1.807, 2.05) is 60.7 Å². The highest BCUT2D eigenvalue weighted by atomic mass is 127. The lowest BCUT2D eigenvalue weighted by Gasteiger charge is -2.16. The van der Waals surface area contributed by atoms with Crippen LogP contribution in [-0.2, 0) is 27.5 Å². The van der Waals surface area contributed by atoms with Gasteiger partial charge in [-0.1, -0.05) is 83.3 Å². The molecule has 0 aliphatic carbocycles. The van der Waals surface area contributed by atoms with E-state index in [0.29, 0.717) is 10.8 Å². The predicted octanol–water partition coefficient (Wildman–Crippen LogP) is 3.85. The molecule has 0 aliphatic heterocycles. The summed E-state index contributed by atoms with van der Waals surface area (Å²) in [6.45, 7) is 0.334. The molecule has 0 heterocycles. The van der Waals surface area contributed by atoms with Crippen molar-refractivity contribution in [2.45, 2.75) is 25.7 Å². The predicted molar refractivity (Wildman–Crippen MR) is 103 cm³/mol. The van der Waals surface area contributed by atoms with Gasteiger partial charge in [0, 0.05) is 4.43 Å². The van der Waals surface area contributed by atoms with Crippen LogP contribution in [0.4, 0.5) is 4.79 Å². The summed E-state index contributed by atoms with van der Waals surface area (Å²) in [5, 5.41) is 2.58. The Morgan fingerprint density at radius 1 is 0.880 bits per heavy atom. The fourth-order valence-electron chi connectivity index (χ4n) is 2.09. The second-order valence-electron chi connectivity index (χ2n) is 5.33. The maximum absolute atomic E-state index is 12.2. The van der Waals surface area contributed by atoms with E-state index in [0.717, 1.165) is 11.1 Å². The molecule has 2 aromatic rings. The second-order valence-corrected chi connectivity index (χ2v) is 6.41. The molecule has 0 saturated carbocycles. The largest absolute Gasteiger partial charge is 0.459 e. The number of amides is 1. The number of nitrogens with one attached hydrogen (secondary N) is 1. The number of hydrogen-bond acceptors (Lipinski definition) is 4. The summed E-state index contributed by atoms with van der Waals surface area (Å²) < 4.78 is 11.2. The van der Waals surface area contributed by atoms with Crippen LogP contribution in [0.3, 0.4) is 0 Å². The lowest BCUT2D eigenvalue weighted by Crippen LogP contribution is -2.42. The second kappa shape index (κ2) is 10.7. The molecule has 0 spiro atoms. The number of esters is 1. The van der Waals surface area contributed by atoms with Crippen LogP contribution in [0.15, 0.2) is 60.7 Å². The number of carbonyl (C=O) groups is 2. The van der Waals surface area contributed by atoms with Gasteiger partial charge in [0.15, 0.2) is 0 Å². The molecule has 25 heavy (non-hydrogen) atoms. The van der Waals surface area contributed by atoms with Crippen molar-refractivity contribution in [3.05, 3.63) is 71.8 Å². The van der Waals surface area contributed by atoms with Crippen LogP contribution in [0.2, 0.25) is 0 Å². The fraction of sp³-hybridized carbons (Fsp3) is 0.263. The van der Waals surface area contributed by atoms with Gasteiger partial charge in [0.25, 0.3) is 0 Å². The molecule has 0 saturated heterocycles. The third-order valence-corrected chi connectivity index (χ3v) is 4.03. The molecule has 0 unspecified atom stereocenters. The molecule has 0 fully saturated rings. The van der Waals surface area contributed by atoms with E-state index < -0.39 is 18.1 Å². The Morgan fingerprint density at radius 2 is 1.40 bits per heavy atom. The summed E-state index contributed by atoms with van der Waals surface area (Å²) in [5.74, 6) is -0.461. The van der Waals surface area contributed by atoms with Crippen LogP contribution in [0.25, 0.3) is 0 Å². The summed E-state index contributed by atoms with van der Waals surface area (Å²) in [6, 6.07) is 18.1. The minimum atomic E-state index is -0.719. The minimum Gasteiger partial charge on any atom is -0.459 e. The van der Waals surface area contributed by atoms with Crippen LogP contribution in [0.5, 0.6) is 0 Å². The summed E-state index contributed by atoms with van der Waals surface area (Å²) in [7, 11) is 0. The zero-order chi connectivity index (χ0) is 17.9. The van der Waals surface area contributed by atoms with Gasteiger partial charge in [-0.2, -0.15) is 0 Å². The molecule has 0 aliphatic rings. The Morgan fingerprint density at radius 3 is 1.92 bits per heavy atom. The Balaban J connectivity index is 1.81. The van der Waals surface area contributed by atoms with E-state index in [1.54, 1.807) is 0 Å². The topological polar surface area (TPSA) is 64.6 Å². The molecule has 2 aromatic carbocycles. The Labute approximate surface area is 160 Å². The van der Waals surface area contributed by atoms with Crippen molar-refractivity contribution in [2.24, 2.45) is 0 Å². The van der Waals surface area contributed by atoms with E-state index in [1.165, 1.54) is 0 Å². The molecule has 1 N–H and O–H groups in total. The zero-order valence-electron chi connectivity index (χ0n) is 13.7. The van der Waals surface area contributed by atoms with Gasteiger partial charge >= 0.3 is 12.1 Å². The lowest BCUT2D eigenvalue weighted by atomic mass is 10.2. The molecule has 0 aromatic heterocycles. The van der Waals surface area contributed by atoms with E-state index in [4.69, 9.17) is 9.47 Å². The SMILES string of the molecule is O=C(N[C@H](CCI)C(=O)OCc1ccccc1)OCc1ccccc1. The maximum atomic E-state index is 12.2. The number of carbonyl (C=O) groups excluding carboxylic acids is 2. The number of rotatable bonds is 8.